The molecule has 0 aliphatic heterocycles. The number of ether oxygens (including phenoxy) is 3. The van der Waals surface area contributed by atoms with Crippen molar-refractivity contribution in [2.75, 3.05) is 20.8 Å². The molecule has 0 bridgehead atoms. The van der Waals surface area contributed by atoms with Crippen LogP contribution in [-0.2, 0) is 11.8 Å². The largest absolute Gasteiger partial charge is 0.493 e. The second-order valence-corrected chi connectivity index (χ2v) is 5.53. The van der Waals surface area contributed by atoms with E-state index in [1.165, 1.54) is 17.7 Å². The molecule has 1 aromatic heterocycles. The Balaban J connectivity index is 2.51. The molecule has 0 unspecified atom stereocenters. The van der Waals surface area contributed by atoms with Crippen molar-refractivity contribution < 1.29 is 19.0 Å². The highest BCUT2D eigenvalue weighted by Crippen LogP contribution is 2.32. The topological polar surface area (TPSA) is 66.8 Å². The van der Waals surface area contributed by atoms with Crippen molar-refractivity contribution in [2.24, 2.45) is 7.05 Å². The first-order valence-electron chi connectivity index (χ1n) is 7.96. The number of unbranched alkanes of at least 4 members (excludes halogenated alkanes) is 2. The van der Waals surface area contributed by atoms with E-state index >= 15 is 0 Å². The van der Waals surface area contributed by atoms with Crippen LogP contribution in [0.15, 0.2) is 23.0 Å². The van der Waals surface area contributed by atoms with Crippen LogP contribution in [0, 0.1) is 0 Å². The Morgan fingerprint density at radius 2 is 1.88 bits per heavy atom. The molecule has 2 rings (SSSR count). The summed E-state index contributed by atoms with van der Waals surface area (Å²) in [6.45, 7) is 2.72. The highest BCUT2D eigenvalue weighted by molar-refractivity contribution is 5.94. The number of benzene rings is 1. The van der Waals surface area contributed by atoms with Crippen molar-refractivity contribution in [2.45, 2.75) is 26.2 Å². The summed E-state index contributed by atoms with van der Waals surface area (Å²) >= 11 is 0. The van der Waals surface area contributed by atoms with Gasteiger partial charge in [0.15, 0.2) is 11.5 Å². The normalized spacial score (nSPS) is 10.7. The first kappa shape index (κ1) is 17.8. The standard InChI is InChI=1S/C18H23NO5/c1-5-6-7-8-24-16-10-12-9-13(18(21)23-4)17(20)19(2)14(12)11-15(16)22-3/h9-11H,5-8H2,1-4H3. The SMILES string of the molecule is CCCCCOc1cc2cc(C(=O)OC)c(=O)n(C)c2cc1OC. The number of pyridine rings is 1. The number of nitrogens with zero attached hydrogens (tertiary/aromatic N) is 1. The quantitative estimate of drug-likeness (QED) is 0.576. The number of aryl methyl sites for hydroxylation is 1. The van der Waals surface area contributed by atoms with Gasteiger partial charge in [-0.3, -0.25) is 4.79 Å². The Morgan fingerprint density at radius 1 is 1.12 bits per heavy atom. The molecule has 6 nitrogen and oxygen atoms in total. The minimum Gasteiger partial charge on any atom is -0.493 e. The second kappa shape index (κ2) is 7.86. The van der Waals surface area contributed by atoms with Crippen LogP contribution < -0.4 is 15.0 Å². The fourth-order valence-corrected chi connectivity index (χ4v) is 2.54. The van der Waals surface area contributed by atoms with Crippen LogP contribution in [-0.4, -0.2) is 31.4 Å². The lowest BCUT2D eigenvalue weighted by atomic mass is 10.1. The first-order valence-corrected chi connectivity index (χ1v) is 7.96. The maximum absolute atomic E-state index is 12.3. The molecule has 130 valence electrons. The zero-order chi connectivity index (χ0) is 17.7. The Bertz CT molecular complexity index is 794. The van der Waals surface area contributed by atoms with E-state index in [9.17, 15) is 9.59 Å². The molecule has 1 aromatic carbocycles. The number of carbonyl (C=O) groups excluding carboxylic acids is 1. The van der Waals surface area contributed by atoms with Crippen LogP contribution in [0.4, 0.5) is 0 Å². The van der Waals surface area contributed by atoms with Gasteiger partial charge in [-0.05, 0) is 18.6 Å². The number of carbonyl (C=O) groups is 1. The van der Waals surface area contributed by atoms with Gasteiger partial charge < -0.3 is 18.8 Å². The van der Waals surface area contributed by atoms with Gasteiger partial charge >= 0.3 is 5.97 Å². The minimum absolute atomic E-state index is 0.00500. The monoisotopic (exact) mass is 333 g/mol. The van der Waals surface area contributed by atoms with E-state index in [0.717, 1.165) is 19.3 Å². The van der Waals surface area contributed by atoms with Crippen molar-refractivity contribution in [1.29, 1.82) is 0 Å². The molecule has 0 N–H and O–H groups in total. The molecule has 0 saturated carbocycles. The Morgan fingerprint density at radius 3 is 2.50 bits per heavy atom. The van der Waals surface area contributed by atoms with Crippen molar-refractivity contribution in [3.8, 4) is 11.5 Å². The van der Waals surface area contributed by atoms with E-state index in [-0.39, 0.29) is 5.56 Å². The van der Waals surface area contributed by atoms with Gasteiger partial charge in [0.2, 0.25) is 0 Å². The van der Waals surface area contributed by atoms with Crippen molar-refractivity contribution >= 4 is 16.9 Å². The Hall–Kier alpha value is -2.50. The number of hydrogen-bond acceptors (Lipinski definition) is 5. The van der Waals surface area contributed by atoms with Crippen molar-refractivity contribution in [1.82, 2.24) is 4.57 Å². The van der Waals surface area contributed by atoms with Gasteiger partial charge in [-0.25, -0.2) is 4.79 Å². The van der Waals surface area contributed by atoms with Gasteiger partial charge in [0, 0.05) is 18.5 Å². The van der Waals surface area contributed by atoms with Gasteiger partial charge in [-0.15, -0.1) is 0 Å². The molecule has 0 aliphatic rings. The summed E-state index contributed by atoms with van der Waals surface area (Å²) in [6.07, 6.45) is 3.16. The Labute approximate surface area is 140 Å². The van der Waals surface area contributed by atoms with Gasteiger partial charge in [-0.1, -0.05) is 19.8 Å². The fourth-order valence-electron chi connectivity index (χ4n) is 2.54. The molecule has 2 aromatic rings. The third kappa shape index (κ3) is 3.53. The molecule has 24 heavy (non-hydrogen) atoms. The molecule has 0 spiro atoms. The summed E-state index contributed by atoms with van der Waals surface area (Å²) in [5.41, 5.74) is 0.244. The maximum Gasteiger partial charge on any atom is 0.343 e. The van der Waals surface area contributed by atoms with Crippen molar-refractivity contribution in [3.05, 3.63) is 34.1 Å². The molecule has 0 atom stereocenters. The fraction of sp³-hybridized carbons (Fsp3) is 0.444. The predicted octanol–water partition coefficient (Wildman–Crippen LogP) is 2.90. The summed E-state index contributed by atoms with van der Waals surface area (Å²) in [4.78, 5) is 24.1. The number of methoxy groups -OCH3 is 2. The third-order valence-electron chi connectivity index (χ3n) is 3.92. The van der Waals surface area contributed by atoms with Gasteiger partial charge in [-0.2, -0.15) is 0 Å². The molecule has 0 fully saturated rings. The lowest BCUT2D eigenvalue weighted by Crippen LogP contribution is -2.25. The summed E-state index contributed by atoms with van der Waals surface area (Å²) in [6, 6.07) is 5.06. The zero-order valence-corrected chi connectivity index (χ0v) is 14.5. The van der Waals surface area contributed by atoms with E-state index < -0.39 is 11.5 Å². The first-order chi connectivity index (χ1) is 11.5. The van der Waals surface area contributed by atoms with Crippen LogP contribution >= 0.6 is 0 Å². The molecule has 6 heteroatoms. The molecular formula is C18H23NO5. The van der Waals surface area contributed by atoms with Gasteiger partial charge in [0.05, 0.1) is 26.3 Å². The predicted molar refractivity (Wildman–Crippen MR) is 92.1 cm³/mol. The summed E-state index contributed by atoms with van der Waals surface area (Å²) in [7, 11) is 4.42. The summed E-state index contributed by atoms with van der Waals surface area (Å²) in [5, 5.41) is 0.712. The van der Waals surface area contributed by atoms with Crippen LogP contribution in [0.3, 0.4) is 0 Å². The van der Waals surface area contributed by atoms with E-state index in [2.05, 4.69) is 11.7 Å². The van der Waals surface area contributed by atoms with Crippen LogP contribution in [0.1, 0.15) is 36.5 Å². The average molecular weight is 333 g/mol. The van der Waals surface area contributed by atoms with Gasteiger partial charge in [0.1, 0.15) is 5.56 Å². The maximum atomic E-state index is 12.3. The zero-order valence-electron chi connectivity index (χ0n) is 14.5. The number of rotatable bonds is 7. The Kier molecular flexibility index (Phi) is 5.84. The smallest absolute Gasteiger partial charge is 0.343 e. The lowest BCUT2D eigenvalue weighted by molar-refractivity contribution is 0.0598. The highest BCUT2D eigenvalue weighted by Gasteiger charge is 2.17. The molecular weight excluding hydrogens is 310 g/mol. The van der Waals surface area contributed by atoms with Crippen LogP contribution in [0.25, 0.3) is 10.9 Å². The molecule has 0 amide bonds. The van der Waals surface area contributed by atoms with Crippen LogP contribution in [0.2, 0.25) is 0 Å². The van der Waals surface area contributed by atoms with Gasteiger partial charge in [0.25, 0.3) is 5.56 Å². The number of fused-ring (bicyclic) bond motifs is 1. The second-order valence-electron chi connectivity index (χ2n) is 5.53. The van der Waals surface area contributed by atoms with E-state index in [0.29, 0.717) is 29.0 Å². The van der Waals surface area contributed by atoms with E-state index in [1.807, 2.05) is 0 Å². The van der Waals surface area contributed by atoms with E-state index in [1.54, 1.807) is 26.3 Å². The van der Waals surface area contributed by atoms with E-state index in [4.69, 9.17) is 9.47 Å². The summed E-state index contributed by atoms with van der Waals surface area (Å²) in [5.74, 6) is 0.495. The lowest BCUT2D eigenvalue weighted by Gasteiger charge is -2.14. The minimum atomic E-state index is -0.654. The average Bonchev–Trinajstić information content (AvgIpc) is 2.60. The molecule has 0 aliphatic carbocycles. The molecule has 1 heterocycles. The van der Waals surface area contributed by atoms with Crippen LogP contribution in [0.5, 0.6) is 11.5 Å². The third-order valence-corrected chi connectivity index (χ3v) is 3.92. The molecule has 0 radical (unpaired) electrons. The number of esters is 1. The summed E-state index contributed by atoms with van der Waals surface area (Å²) < 4.78 is 17.3. The molecule has 0 saturated heterocycles. The van der Waals surface area contributed by atoms with Crippen molar-refractivity contribution in [3.63, 3.8) is 0 Å². The highest BCUT2D eigenvalue weighted by atomic mass is 16.5. The number of hydrogen-bond donors (Lipinski definition) is 0. The number of aromatic nitrogens is 1.